The maximum absolute atomic E-state index is 0. The molecule has 0 aromatic heterocycles. The van der Waals surface area contributed by atoms with Gasteiger partial charge in [-0.25, -0.2) is 0 Å². The van der Waals surface area contributed by atoms with E-state index in [1.807, 2.05) is 0 Å². The quantitative estimate of drug-likeness (QED) is 0.387. The summed E-state index contributed by atoms with van der Waals surface area (Å²) in [5, 5.41) is 0. The molecule has 0 bridgehead atoms. The van der Waals surface area contributed by atoms with Gasteiger partial charge in [-0.1, -0.05) is 0 Å². The summed E-state index contributed by atoms with van der Waals surface area (Å²) < 4.78 is 0. The van der Waals surface area contributed by atoms with Gasteiger partial charge in [-0.05, 0) is 0 Å². The maximum Gasteiger partial charge on any atom is 0 e. The fourth-order valence-electron chi connectivity index (χ4n) is 0. The molecule has 0 fully saturated rings. The van der Waals surface area contributed by atoms with E-state index in [9.17, 15) is 0 Å². The van der Waals surface area contributed by atoms with Crippen LogP contribution in [0.3, 0.4) is 0 Å². The zero-order chi connectivity index (χ0) is 0. The van der Waals surface area contributed by atoms with Crippen LogP contribution in [-0.4, -0.2) is 0 Å². The van der Waals surface area contributed by atoms with Gasteiger partial charge in [-0.3, -0.25) is 0 Å². The third-order valence-electron chi connectivity index (χ3n) is 0. The SMILES string of the molecule is [Ar].[O].[O].[O]. The molecule has 0 unspecified atom stereocenters. The van der Waals surface area contributed by atoms with E-state index in [0.717, 1.165) is 0 Å². The summed E-state index contributed by atoms with van der Waals surface area (Å²) in [5.41, 5.74) is 0. The van der Waals surface area contributed by atoms with Crippen LogP contribution in [0.25, 0.3) is 0 Å². The molecule has 0 aliphatic heterocycles. The molecule has 0 amide bonds. The smallest absolute Gasteiger partial charge is 0 e. The Hall–Kier alpha value is 1.14. The summed E-state index contributed by atoms with van der Waals surface area (Å²) in [6.45, 7) is 0. The summed E-state index contributed by atoms with van der Waals surface area (Å²) in [4.78, 5) is 0. The predicted octanol–water partition coefficient (Wildman–Crippen LogP) is -0.356. The molecule has 0 rings (SSSR count). The molecule has 0 saturated heterocycles. The van der Waals surface area contributed by atoms with Gasteiger partial charge in [0.25, 0.3) is 0 Å². The summed E-state index contributed by atoms with van der Waals surface area (Å²) in [7, 11) is 0. The Labute approximate surface area is 53.9 Å². The average molecular weight is 87.9 g/mol. The minimum atomic E-state index is 0. The second kappa shape index (κ2) is 31.4. The fourth-order valence-corrected chi connectivity index (χ4v) is 0. The molecule has 0 aliphatic carbocycles. The molecular formula is ArO3. The molecule has 0 aromatic rings. The minimum absolute atomic E-state index is 0. The van der Waals surface area contributed by atoms with Gasteiger partial charge in [-0.15, -0.1) is 0 Å². The van der Waals surface area contributed by atoms with Crippen molar-refractivity contribution >= 4 is 0 Å². The van der Waals surface area contributed by atoms with Gasteiger partial charge in [0, 0.05) is 54.2 Å². The number of hydrogen-bond acceptors (Lipinski definition) is 0. The zero-order valence-corrected chi connectivity index (χ0v) is 2.29. The van der Waals surface area contributed by atoms with Crippen LogP contribution in [0.2, 0.25) is 0 Å². The van der Waals surface area contributed by atoms with E-state index in [4.69, 9.17) is 0 Å². The molecule has 0 heterocycles. The van der Waals surface area contributed by atoms with Crippen molar-refractivity contribution in [1.82, 2.24) is 0 Å². The molecule has 0 saturated carbocycles. The van der Waals surface area contributed by atoms with Crippen LogP contribution in [0, 0.1) is 37.7 Å². The summed E-state index contributed by atoms with van der Waals surface area (Å²) in [5.74, 6) is 0. The first-order valence-corrected chi connectivity index (χ1v) is 0. The molecule has 3 nitrogen and oxygen atoms in total. The second-order valence-corrected chi connectivity index (χ2v) is 0. The van der Waals surface area contributed by atoms with Crippen LogP contribution >= 0.6 is 0 Å². The van der Waals surface area contributed by atoms with Crippen molar-refractivity contribution in [3.05, 3.63) is 0 Å². The topological polar surface area (TPSA) is 85.5 Å². The molecular weight excluding hydrogens is 87.9 g/mol. The van der Waals surface area contributed by atoms with Crippen molar-refractivity contribution in [3.8, 4) is 0 Å². The zero-order valence-electron chi connectivity index (χ0n) is 1.58. The van der Waals surface area contributed by atoms with Gasteiger partial charge >= 0.3 is 0 Å². The fraction of sp³-hybridized carbons (Fsp3) is 0. The third-order valence-corrected chi connectivity index (χ3v) is 0. The van der Waals surface area contributed by atoms with E-state index >= 15 is 0 Å². The standard InChI is InChI=1S/Ar.3O. The Kier molecular flexibility index (Phi) is 533. The van der Waals surface area contributed by atoms with Crippen LogP contribution < -0.4 is 0 Å². The van der Waals surface area contributed by atoms with E-state index < -0.39 is 0 Å². The molecule has 0 aromatic carbocycles. The van der Waals surface area contributed by atoms with Crippen LogP contribution in [0.4, 0.5) is 0 Å². The van der Waals surface area contributed by atoms with Gasteiger partial charge in [0.1, 0.15) is 0 Å². The Morgan fingerprint density at radius 1 is 0.500 bits per heavy atom. The van der Waals surface area contributed by atoms with Gasteiger partial charge in [0.05, 0.1) is 0 Å². The molecule has 0 N–H and O–H groups in total. The normalized spacial score (nSPS) is 0. The minimum Gasteiger partial charge on any atom is 0 e. The Balaban J connectivity index is 0. The van der Waals surface area contributed by atoms with Crippen molar-refractivity contribution in [3.63, 3.8) is 0 Å². The first-order chi connectivity index (χ1) is 0. The monoisotopic (exact) mass is 87.9 g/mol. The summed E-state index contributed by atoms with van der Waals surface area (Å²) in [6.07, 6.45) is 0. The van der Waals surface area contributed by atoms with E-state index in [2.05, 4.69) is 0 Å². The molecule has 0 spiro atoms. The van der Waals surface area contributed by atoms with Crippen LogP contribution in [0.15, 0.2) is 0 Å². The van der Waals surface area contributed by atoms with Crippen molar-refractivity contribution < 1.29 is 54.2 Å². The van der Waals surface area contributed by atoms with Crippen molar-refractivity contribution in [2.24, 2.45) is 0 Å². The van der Waals surface area contributed by atoms with E-state index in [-0.39, 0.29) is 54.2 Å². The van der Waals surface area contributed by atoms with Crippen LogP contribution in [0.5, 0.6) is 0 Å². The molecule has 26 valence electrons. The van der Waals surface area contributed by atoms with Gasteiger partial charge in [-0.2, -0.15) is 0 Å². The number of hydrogen-bond donors (Lipinski definition) is 0. The van der Waals surface area contributed by atoms with Gasteiger partial charge in [0.2, 0.25) is 0 Å². The van der Waals surface area contributed by atoms with E-state index in [0.29, 0.717) is 0 Å². The molecule has 4 heteroatoms. The van der Waals surface area contributed by atoms with E-state index in [1.54, 1.807) is 0 Å². The van der Waals surface area contributed by atoms with Crippen molar-refractivity contribution in [2.45, 2.75) is 0 Å². The van der Waals surface area contributed by atoms with Gasteiger partial charge in [0.15, 0.2) is 0 Å². The average Bonchev–Trinajstić information content (AvgIpc) is 0. The third kappa shape index (κ3) is 11.1. The summed E-state index contributed by atoms with van der Waals surface area (Å²) in [6, 6.07) is 0. The van der Waals surface area contributed by atoms with Crippen LogP contribution in [0.1, 0.15) is 0 Å². The molecule has 0 aliphatic rings. The van der Waals surface area contributed by atoms with E-state index in [1.165, 1.54) is 0 Å². The second-order valence-electron chi connectivity index (χ2n) is 0. The Morgan fingerprint density at radius 3 is 0.500 bits per heavy atom. The van der Waals surface area contributed by atoms with Crippen LogP contribution in [-0.2, 0) is 16.4 Å². The van der Waals surface area contributed by atoms with Crippen molar-refractivity contribution in [1.29, 1.82) is 0 Å². The summed E-state index contributed by atoms with van der Waals surface area (Å²) >= 11 is 0. The molecule has 4 heavy (non-hydrogen) atoms. The maximum atomic E-state index is 0. The van der Waals surface area contributed by atoms with Crippen molar-refractivity contribution in [2.75, 3.05) is 0 Å². The number of rotatable bonds is 0. The molecule has 0 atom stereocenters. The first kappa shape index (κ1) is 67.8. The predicted molar refractivity (Wildman–Crippen MR) is 2.06 cm³/mol. The largest absolute Gasteiger partial charge is 0 e. The van der Waals surface area contributed by atoms with Gasteiger partial charge < -0.3 is 0 Å². The Morgan fingerprint density at radius 2 is 0.500 bits per heavy atom. The molecule has 6 radical (unpaired) electrons. The Bertz CT molecular complexity index is 3.25. The first-order valence-electron chi connectivity index (χ1n) is 0.